The lowest BCUT2D eigenvalue weighted by Gasteiger charge is -2.52. The molecule has 1 aromatic carbocycles. The molecular formula is C17H26N2. The molecule has 1 aliphatic carbocycles. The molecule has 2 N–H and O–H groups in total. The van der Waals surface area contributed by atoms with Crippen molar-refractivity contribution < 1.29 is 0 Å². The van der Waals surface area contributed by atoms with Gasteiger partial charge in [0.1, 0.15) is 0 Å². The minimum absolute atomic E-state index is 0.132. The molecule has 1 saturated heterocycles. The van der Waals surface area contributed by atoms with Crippen molar-refractivity contribution in [1.82, 2.24) is 0 Å². The number of nitrogens with two attached hydrogens (primary N) is 1. The Hall–Kier alpha value is -1.02. The van der Waals surface area contributed by atoms with Gasteiger partial charge in [-0.05, 0) is 37.5 Å². The summed E-state index contributed by atoms with van der Waals surface area (Å²) in [7, 11) is 0. The second-order valence-electron chi connectivity index (χ2n) is 6.65. The number of hydrogen-bond acceptors (Lipinski definition) is 2. The average molecular weight is 258 g/mol. The molecule has 0 radical (unpaired) electrons. The van der Waals surface area contributed by atoms with E-state index < -0.39 is 0 Å². The smallest absolute Gasteiger partial charge is 0.0369 e. The van der Waals surface area contributed by atoms with Gasteiger partial charge in [-0.25, -0.2) is 0 Å². The van der Waals surface area contributed by atoms with Crippen LogP contribution in [0.4, 0.5) is 5.69 Å². The van der Waals surface area contributed by atoms with Gasteiger partial charge in [-0.15, -0.1) is 0 Å². The summed E-state index contributed by atoms with van der Waals surface area (Å²) in [4.78, 5) is 2.54. The van der Waals surface area contributed by atoms with E-state index >= 15 is 0 Å². The van der Waals surface area contributed by atoms with Gasteiger partial charge in [-0.2, -0.15) is 0 Å². The van der Waals surface area contributed by atoms with Crippen molar-refractivity contribution in [3.8, 4) is 0 Å². The van der Waals surface area contributed by atoms with E-state index in [0.29, 0.717) is 5.41 Å². The fourth-order valence-corrected chi connectivity index (χ4v) is 3.75. The molecule has 1 unspecified atom stereocenters. The number of anilines is 1. The van der Waals surface area contributed by atoms with Gasteiger partial charge in [-0.3, -0.25) is 0 Å². The summed E-state index contributed by atoms with van der Waals surface area (Å²) in [6.45, 7) is 4.58. The molecule has 2 fully saturated rings. The van der Waals surface area contributed by atoms with E-state index in [4.69, 9.17) is 5.73 Å². The van der Waals surface area contributed by atoms with Crippen molar-refractivity contribution in [3.63, 3.8) is 0 Å². The SMILES string of the molecule is CC(N)c1cccc(N2CC3(CCCCCC3)C2)c1. The van der Waals surface area contributed by atoms with Gasteiger partial charge >= 0.3 is 0 Å². The molecule has 1 saturated carbocycles. The third kappa shape index (κ3) is 2.64. The molecule has 19 heavy (non-hydrogen) atoms. The Bertz CT molecular complexity index is 423. The van der Waals surface area contributed by atoms with Crippen LogP contribution >= 0.6 is 0 Å². The van der Waals surface area contributed by atoms with E-state index in [1.165, 1.54) is 62.9 Å². The fraction of sp³-hybridized carbons (Fsp3) is 0.647. The lowest BCUT2D eigenvalue weighted by atomic mass is 9.73. The maximum Gasteiger partial charge on any atom is 0.0369 e. The van der Waals surface area contributed by atoms with Crippen molar-refractivity contribution in [3.05, 3.63) is 29.8 Å². The van der Waals surface area contributed by atoms with E-state index in [1.807, 2.05) is 0 Å². The minimum Gasteiger partial charge on any atom is -0.370 e. The van der Waals surface area contributed by atoms with Crippen LogP contribution in [0, 0.1) is 5.41 Å². The first kappa shape index (κ1) is 13.0. The highest BCUT2D eigenvalue weighted by Gasteiger charge is 2.42. The number of nitrogens with zero attached hydrogens (tertiary/aromatic N) is 1. The van der Waals surface area contributed by atoms with Crippen LogP contribution in [0.2, 0.25) is 0 Å². The predicted molar refractivity (Wildman–Crippen MR) is 81.4 cm³/mol. The van der Waals surface area contributed by atoms with Crippen molar-refractivity contribution in [2.45, 2.75) is 51.5 Å². The number of hydrogen-bond donors (Lipinski definition) is 1. The normalized spacial score (nSPS) is 23.8. The number of rotatable bonds is 2. The third-order valence-corrected chi connectivity index (χ3v) is 4.98. The third-order valence-electron chi connectivity index (χ3n) is 4.98. The zero-order chi connectivity index (χ0) is 13.3. The van der Waals surface area contributed by atoms with Crippen LogP contribution in [0.5, 0.6) is 0 Å². The van der Waals surface area contributed by atoms with E-state index in [9.17, 15) is 0 Å². The first-order valence-electron chi connectivity index (χ1n) is 7.79. The highest BCUT2D eigenvalue weighted by atomic mass is 15.2. The molecule has 0 aromatic heterocycles. The monoisotopic (exact) mass is 258 g/mol. The van der Waals surface area contributed by atoms with Gasteiger partial charge in [0, 0.05) is 30.2 Å². The zero-order valence-corrected chi connectivity index (χ0v) is 12.1. The van der Waals surface area contributed by atoms with Gasteiger partial charge in [0.05, 0.1) is 0 Å². The van der Waals surface area contributed by atoms with Crippen LogP contribution in [0.3, 0.4) is 0 Å². The van der Waals surface area contributed by atoms with Crippen LogP contribution in [-0.4, -0.2) is 13.1 Å². The summed E-state index contributed by atoms with van der Waals surface area (Å²) in [5.41, 5.74) is 9.24. The van der Waals surface area contributed by atoms with Gasteiger partial charge in [0.2, 0.25) is 0 Å². The molecule has 1 heterocycles. The molecule has 2 aliphatic rings. The Balaban J connectivity index is 1.68. The van der Waals surface area contributed by atoms with Crippen molar-refractivity contribution in [2.24, 2.45) is 11.1 Å². The van der Waals surface area contributed by atoms with E-state index in [-0.39, 0.29) is 6.04 Å². The Kier molecular flexibility index (Phi) is 3.53. The summed E-state index contributed by atoms with van der Waals surface area (Å²) in [5.74, 6) is 0. The summed E-state index contributed by atoms with van der Waals surface area (Å²) in [6.07, 6.45) is 8.65. The molecule has 0 amide bonds. The first-order chi connectivity index (χ1) is 9.19. The largest absolute Gasteiger partial charge is 0.370 e. The minimum atomic E-state index is 0.132. The maximum absolute atomic E-state index is 5.98. The van der Waals surface area contributed by atoms with Crippen LogP contribution in [0.25, 0.3) is 0 Å². The quantitative estimate of drug-likeness (QED) is 0.872. The summed E-state index contributed by atoms with van der Waals surface area (Å²) >= 11 is 0. The molecule has 2 nitrogen and oxygen atoms in total. The lowest BCUT2D eigenvalue weighted by molar-refractivity contribution is 0.180. The molecule has 1 aliphatic heterocycles. The standard InChI is InChI=1S/C17H26N2/c1-14(18)15-7-6-8-16(11-15)19-12-17(13-19)9-4-2-3-5-10-17/h6-8,11,14H,2-5,9-10,12-13,18H2,1H3. The van der Waals surface area contributed by atoms with Crippen LogP contribution in [-0.2, 0) is 0 Å². The molecule has 0 bridgehead atoms. The predicted octanol–water partition coefficient (Wildman–Crippen LogP) is 3.87. The van der Waals surface area contributed by atoms with Gasteiger partial charge < -0.3 is 10.6 Å². The second-order valence-corrected chi connectivity index (χ2v) is 6.65. The van der Waals surface area contributed by atoms with E-state index in [0.717, 1.165) is 0 Å². The topological polar surface area (TPSA) is 29.3 Å². The van der Waals surface area contributed by atoms with Crippen LogP contribution in [0.1, 0.15) is 57.1 Å². The van der Waals surface area contributed by atoms with E-state index in [1.54, 1.807) is 0 Å². The van der Waals surface area contributed by atoms with Crippen molar-refractivity contribution in [1.29, 1.82) is 0 Å². The summed E-state index contributed by atoms with van der Waals surface area (Å²) in [6, 6.07) is 8.92. The highest BCUT2D eigenvalue weighted by molar-refractivity contribution is 5.52. The molecule has 3 rings (SSSR count). The van der Waals surface area contributed by atoms with Crippen molar-refractivity contribution >= 4 is 5.69 Å². The van der Waals surface area contributed by atoms with Gasteiger partial charge in [0.15, 0.2) is 0 Å². The average Bonchev–Trinajstić information content (AvgIpc) is 2.62. The lowest BCUT2D eigenvalue weighted by Crippen LogP contribution is -2.56. The summed E-state index contributed by atoms with van der Waals surface area (Å²) in [5, 5.41) is 0. The molecule has 1 aromatic rings. The number of benzene rings is 1. The molecule has 104 valence electrons. The van der Waals surface area contributed by atoms with E-state index in [2.05, 4.69) is 36.1 Å². The Morgan fingerprint density at radius 2 is 1.79 bits per heavy atom. The van der Waals surface area contributed by atoms with Crippen LogP contribution in [0.15, 0.2) is 24.3 Å². The highest BCUT2D eigenvalue weighted by Crippen LogP contribution is 2.44. The molecule has 2 heteroatoms. The Morgan fingerprint density at radius 1 is 1.11 bits per heavy atom. The Morgan fingerprint density at radius 3 is 2.42 bits per heavy atom. The van der Waals surface area contributed by atoms with Crippen LogP contribution < -0.4 is 10.6 Å². The summed E-state index contributed by atoms with van der Waals surface area (Å²) < 4.78 is 0. The Labute approximate surface area is 117 Å². The van der Waals surface area contributed by atoms with Gasteiger partial charge in [-0.1, -0.05) is 37.8 Å². The first-order valence-corrected chi connectivity index (χ1v) is 7.79. The zero-order valence-electron chi connectivity index (χ0n) is 12.1. The molecular weight excluding hydrogens is 232 g/mol. The molecule has 1 spiro atoms. The fourth-order valence-electron chi connectivity index (χ4n) is 3.75. The van der Waals surface area contributed by atoms with Crippen molar-refractivity contribution in [2.75, 3.05) is 18.0 Å². The molecule has 1 atom stereocenters. The second kappa shape index (κ2) is 5.16. The maximum atomic E-state index is 5.98. The van der Waals surface area contributed by atoms with Gasteiger partial charge in [0.25, 0.3) is 0 Å².